The number of nitro groups is 1. The van der Waals surface area contributed by atoms with E-state index in [1.54, 1.807) is 0 Å². The number of hydrogen-bond donors (Lipinski definition) is 3. The zero-order valence-corrected chi connectivity index (χ0v) is 17.6. The molecular formula is C18H17BrN4O5S. The van der Waals surface area contributed by atoms with Gasteiger partial charge in [-0.1, -0.05) is 18.2 Å². The van der Waals surface area contributed by atoms with Crippen LogP contribution in [-0.4, -0.2) is 43.6 Å². The van der Waals surface area contributed by atoms with Gasteiger partial charge in [-0.2, -0.15) is 0 Å². The molecule has 1 heterocycles. The normalized spacial score (nSPS) is 11.4. The lowest BCUT2D eigenvalue weighted by atomic mass is 10.2. The van der Waals surface area contributed by atoms with Crippen LogP contribution in [0.1, 0.15) is 10.5 Å². The van der Waals surface area contributed by atoms with E-state index in [1.165, 1.54) is 12.1 Å². The van der Waals surface area contributed by atoms with Crippen LogP contribution in [0, 0.1) is 10.1 Å². The standard InChI is InChI=1S/C18H17BrN4O5S/c1-29(27,28)11-6-7-14(15(10-11)23(25)26)20-8-9-21-18(24)17-16(19)12-4-2-3-5-13(12)22-17/h2-7,10,20,22H,8-9H2,1H3,(H,21,24). The minimum absolute atomic E-state index is 0.133. The average molecular weight is 481 g/mol. The van der Waals surface area contributed by atoms with Crippen molar-refractivity contribution in [1.82, 2.24) is 10.3 Å². The summed E-state index contributed by atoms with van der Waals surface area (Å²) in [5, 5.41) is 17.7. The first-order valence-corrected chi connectivity index (χ1v) is 11.1. The Labute approximate surface area is 174 Å². The lowest BCUT2D eigenvalue weighted by Gasteiger charge is -2.09. The number of halogens is 1. The second kappa shape index (κ2) is 8.21. The Kier molecular flexibility index (Phi) is 5.89. The Morgan fingerprint density at radius 1 is 1.21 bits per heavy atom. The molecule has 0 bridgehead atoms. The van der Waals surface area contributed by atoms with E-state index >= 15 is 0 Å². The fraction of sp³-hybridized carbons (Fsp3) is 0.167. The van der Waals surface area contributed by atoms with Gasteiger partial charge in [-0.05, 0) is 34.1 Å². The van der Waals surface area contributed by atoms with Crippen molar-refractivity contribution in [2.75, 3.05) is 24.7 Å². The lowest BCUT2D eigenvalue weighted by molar-refractivity contribution is -0.384. The van der Waals surface area contributed by atoms with Crippen molar-refractivity contribution in [3.8, 4) is 0 Å². The highest BCUT2D eigenvalue weighted by Crippen LogP contribution is 2.28. The van der Waals surface area contributed by atoms with Crippen molar-refractivity contribution >= 4 is 54.0 Å². The molecule has 3 aromatic rings. The zero-order valence-electron chi connectivity index (χ0n) is 15.2. The second-order valence-electron chi connectivity index (χ2n) is 6.25. The number of carbonyl (C=O) groups excluding carboxylic acids is 1. The largest absolute Gasteiger partial charge is 0.378 e. The van der Waals surface area contributed by atoms with Gasteiger partial charge in [0.2, 0.25) is 0 Å². The van der Waals surface area contributed by atoms with Crippen molar-refractivity contribution in [3.63, 3.8) is 0 Å². The van der Waals surface area contributed by atoms with Gasteiger partial charge in [0, 0.05) is 36.3 Å². The van der Waals surface area contributed by atoms with Crippen LogP contribution >= 0.6 is 15.9 Å². The second-order valence-corrected chi connectivity index (χ2v) is 9.06. The molecule has 0 spiro atoms. The van der Waals surface area contributed by atoms with E-state index in [0.29, 0.717) is 10.2 Å². The summed E-state index contributed by atoms with van der Waals surface area (Å²) in [6.07, 6.45) is 0.983. The minimum atomic E-state index is -3.56. The number of aromatic nitrogens is 1. The monoisotopic (exact) mass is 480 g/mol. The fourth-order valence-corrected chi connectivity index (χ4v) is 4.03. The number of benzene rings is 2. The number of sulfone groups is 1. The highest BCUT2D eigenvalue weighted by atomic mass is 79.9. The molecule has 11 heteroatoms. The van der Waals surface area contributed by atoms with Gasteiger partial charge in [0.25, 0.3) is 11.6 Å². The van der Waals surface area contributed by atoms with Gasteiger partial charge in [-0.15, -0.1) is 0 Å². The van der Waals surface area contributed by atoms with Gasteiger partial charge in [-0.25, -0.2) is 8.42 Å². The van der Waals surface area contributed by atoms with E-state index in [0.717, 1.165) is 23.2 Å². The van der Waals surface area contributed by atoms with Gasteiger partial charge in [0.05, 0.1) is 14.3 Å². The Balaban J connectivity index is 1.65. The maximum atomic E-state index is 12.4. The van der Waals surface area contributed by atoms with Crippen LogP contribution in [0.4, 0.5) is 11.4 Å². The number of hydrogen-bond acceptors (Lipinski definition) is 6. The van der Waals surface area contributed by atoms with Crippen molar-refractivity contribution in [3.05, 3.63) is 62.7 Å². The topological polar surface area (TPSA) is 134 Å². The van der Waals surface area contributed by atoms with Gasteiger partial charge >= 0.3 is 0 Å². The molecule has 1 amide bonds. The zero-order chi connectivity index (χ0) is 21.2. The Morgan fingerprint density at radius 2 is 1.93 bits per heavy atom. The smallest absolute Gasteiger partial charge is 0.293 e. The highest BCUT2D eigenvalue weighted by molar-refractivity contribution is 9.10. The van der Waals surface area contributed by atoms with Crippen LogP contribution in [0.2, 0.25) is 0 Å². The van der Waals surface area contributed by atoms with E-state index in [4.69, 9.17) is 0 Å². The van der Waals surface area contributed by atoms with Crippen LogP contribution in [0.25, 0.3) is 10.9 Å². The summed E-state index contributed by atoms with van der Waals surface area (Å²) in [4.78, 5) is 25.9. The first-order chi connectivity index (χ1) is 13.7. The molecule has 152 valence electrons. The Bertz CT molecular complexity index is 1210. The predicted molar refractivity (Wildman–Crippen MR) is 113 cm³/mol. The third-order valence-corrected chi connectivity index (χ3v) is 6.12. The first-order valence-electron chi connectivity index (χ1n) is 8.45. The third-order valence-electron chi connectivity index (χ3n) is 4.19. The third kappa shape index (κ3) is 4.57. The quantitative estimate of drug-likeness (QED) is 0.270. The molecule has 0 aliphatic carbocycles. The van der Waals surface area contributed by atoms with Gasteiger partial charge in [-0.3, -0.25) is 14.9 Å². The lowest BCUT2D eigenvalue weighted by Crippen LogP contribution is -2.29. The molecule has 0 aliphatic heterocycles. The van der Waals surface area contributed by atoms with Crippen molar-refractivity contribution in [1.29, 1.82) is 0 Å². The average Bonchev–Trinajstić information content (AvgIpc) is 3.01. The molecule has 0 fully saturated rings. The molecule has 0 atom stereocenters. The molecule has 29 heavy (non-hydrogen) atoms. The molecule has 0 aliphatic rings. The van der Waals surface area contributed by atoms with Crippen LogP contribution in [0.3, 0.4) is 0 Å². The van der Waals surface area contributed by atoms with Gasteiger partial charge in [0.15, 0.2) is 9.84 Å². The van der Waals surface area contributed by atoms with Crippen LogP contribution in [-0.2, 0) is 9.84 Å². The molecule has 9 nitrogen and oxygen atoms in total. The Hall–Kier alpha value is -2.92. The number of anilines is 1. The highest BCUT2D eigenvalue weighted by Gasteiger charge is 2.19. The molecular weight excluding hydrogens is 464 g/mol. The number of nitro benzene ring substituents is 1. The molecule has 0 saturated carbocycles. The number of carbonyl (C=O) groups is 1. The van der Waals surface area contributed by atoms with Crippen LogP contribution in [0.15, 0.2) is 51.8 Å². The number of nitrogens with zero attached hydrogens (tertiary/aromatic N) is 1. The van der Waals surface area contributed by atoms with Crippen LogP contribution < -0.4 is 10.6 Å². The van der Waals surface area contributed by atoms with Crippen LogP contribution in [0.5, 0.6) is 0 Å². The molecule has 0 radical (unpaired) electrons. The number of fused-ring (bicyclic) bond motifs is 1. The number of nitrogens with one attached hydrogen (secondary N) is 3. The fourth-order valence-electron chi connectivity index (χ4n) is 2.77. The first kappa shape index (κ1) is 20.8. The SMILES string of the molecule is CS(=O)(=O)c1ccc(NCCNC(=O)c2[nH]c3ccccc3c2Br)c([N+](=O)[O-])c1. The number of H-pyrrole nitrogens is 1. The summed E-state index contributed by atoms with van der Waals surface area (Å²) in [5.41, 5.74) is 1.03. The summed E-state index contributed by atoms with van der Waals surface area (Å²) in [5.74, 6) is -0.322. The van der Waals surface area contributed by atoms with E-state index in [1.807, 2.05) is 24.3 Å². The molecule has 0 unspecified atom stereocenters. The molecule has 0 saturated heterocycles. The maximum Gasteiger partial charge on any atom is 0.293 e. The number of aromatic amines is 1. The van der Waals surface area contributed by atoms with Gasteiger partial charge in [0.1, 0.15) is 11.4 Å². The predicted octanol–water partition coefficient (Wildman–Crippen LogP) is 3.08. The van der Waals surface area contributed by atoms with Crippen molar-refractivity contribution in [2.45, 2.75) is 4.90 Å². The number of para-hydroxylation sites is 1. The molecule has 3 N–H and O–H groups in total. The summed E-state index contributed by atoms with van der Waals surface area (Å²) in [7, 11) is -3.56. The van der Waals surface area contributed by atoms with E-state index in [9.17, 15) is 23.3 Å². The minimum Gasteiger partial charge on any atom is -0.378 e. The number of amides is 1. The van der Waals surface area contributed by atoms with Gasteiger partial charge < -0.3 is 15.6 Å². The molecule has 1 aromatic heterocycles. The van der Waals surface area contributed by atoms with E-state index in [-0.39, 0.29) is 35.3 Å². The summed E-state index contributed by atoms with van der Waals surface area (Å²) in [6.45, 7) is 0.411. The van der Waals surface area contributed by atoms with Crippen molar-refractivity contribution < 1.29 is 18.1 Å². The maximum absolute atomic E-state index is 12.4. The Morgan fingerprint density at radius 3 is 2.59 bits per heavy atom. The molecule has 2 aromatic carbocycles. The van der Waals surface area contributed by atoms with E-state index < -0.39 is 14.8 Å². The van der Waals surface area contributed by atoms with Crippen molar-refractivity contribution in [2.24, 2.45) is 0 Å². The van der Waals surface area contributed by atoms with E-state index in [2.05, 4.69) is 31.5 Å². The summed E-state index contributed by atoms with van der Waals surface area (Å²) in [6, 6.07) is 11.1. The molecule has 3 rings (SSSR count). The summed E-state index contributed by atoms with van der Waals surface area (Å²) >= 11 is 3.41. The summed E-state index contributed by atoms with van der Waals surface area (Å²) < 4.78 is 23.8. The number of rotatable bonds is 7.